The third kappa shape index (κ3) is 7.42. The molecule has 4 aromatic rings. The molecule has 0 unspecified atom stereocenters. The molecule has 0 spiro atoms. The molecule has 0 aliphatic carbocycles. The Hall–Kier alpha value is -4.63. The number of carbonyl (C=O) groups excluding carboxylic acids is 2. The molecule has 0 bridgehead atoms. The average molecular weight is 598 g/mol. The molecule has 1 saturated heterocycles. The number of benzene rings is 4. The Bertz CT molecular complexity index is 1650. The van der Waals surface area contributed by atoms with Gasteiger partial charge in [0.15, 0.2) is 0 Å². The van der Waals surface area contributed by atoms with Gasteiger partial charge in [0.05, 0.1) is 21.8 Å². The maximum Gasteiger partial charge on any atom is 0.264 e. The highest BCUT2D eigenvalue weighted by molar-refractivity contribution is 7.92. The van der Waals surface area contributed by atoms with E-state index in [1.165, 1.54) is 12.1 Å². The number of ether oxygens (including phenoxy) is 1. The van der Waals surface area contributed by atoms with Crippen LogP contribution in [0.25, 0.3) is 0 Å². The second kappa shape index (κ2) is 13.6. The Kier molecular flexibility index (Phi) is 9.41. The molecule has 0 aromatic heterocycles. The molecule has 9 heteroatoms. The van der Waals surface area contributed by atoms with Gasteiger partial charge in [-0.15, -0.1) is 0 Å². The summed E-state index contributed by atoms with van der Waals surface area (Å²) in [6, 6.07) is 29.1. The first-order valence-electron chi connectivity index (χ1n) is 14.4. The first-order chi connectivity index (χ1) is 20.8. The van der Waals surface area contributed by atoms with E-state index in [9.17, 15) is 18.0 Å². The summed E-state index contributed by atoms with van der Waals surface area (Å²) in [5, 5.41) is 2.81. The summed E-state index contributed by atoms with van der Waals surface area (Å²) < 4.78 is 34.7. The fourth-order valence-corrected chi connectivity index (χ4v) is 6.42. The maximum atomic E-state index is 13.9. The fraction of sp³-hybridized carbons (Fsp3) is 0.235. The Balaban J connectivity index is 1.40. The Morgan fingerprint density at radius 1 is 0.767 bits per heavy atom. The van der Waals surface area contributed by atoms with E-state index in [0.717, 1.165) is 35.6 Å². The molecule has 0 radical (unpaired) electrons. The molecule has 4 aromatic carbocycles. The number of hydrogen-bond donors (Lipinski definition) is 1. The largest absolute Gasteiger partial charge is 0.457 e. The number of nitrogens with zero attached hydrogens (tertiary/aromatic N) is 2. The number of sulfonamides is 1. The predicted molar refractivity (Wildman–Crippen MR) is 168 cm³/mol. The summed E-state index contributed by atoms with van der Waals surface area (Å²) in [6.07, 6.45) is 4.07. The highest BCUT2D eigenvalue weighted by Gasteiger charge is 2.28. The first-order valence-corrected chi connectivity index (χ1v) is 15.9. The molecule has 1 fully saturated rings. The normalized spacial score (nSPS) is 13.6. The standard InChI is InChI=1S/C34H35N3O5S/c1-26-15-21-30(22-16-26)43(40,41)37(27-17-19-29(20-18-27)42-28-11-5-4-6-12-28)25-33(38)35-32-14-8-7-13-31(32)34(39)36-23-9-2-3-10-24-36/h4-8,11-22H,2-3,9-10,23-25H2,1H3,(H,35,38). The summed E-state index contributed by atoms with van der Waals surface area (Å²) in [5.41, 5.74) is 1.94. The van der Waals surface area contributed by atoms with E-state index in [4.69, 9.17) is 4.74 Å². The number of aryl methyl sites for hydroxylation is 1. The minimum atomic E-state index is -4.12. The molecule has 0 atom stereocenters. The van der Waals surface area contributed by atoms with E-state index in [0.29, 0.717) is 41.5 Å². The van der Waals surface area contributed by atoms with Crippen LogP contribution in [-0.2, 0) is 14.8 Å². The number of carbonyl (C=O) groups is 2. The van der Waals surface area contributed by atoms with E-state index in [2.05, 4.69) is 5.32 Å². The topological polar surface area (TPSA) is 96.0 Å². The van der Waals surface area contributed by atoms with Crippen LogP contribution in [0.4, 0.5) is 11.4 Å². The molecule has 1 aliphatic rings. The fourth-order valence-electron chi connectivity index (χ4n) is 5.00. The van der Waals surface area contributed by atoms with Gasteiger partial charge in [-0.2, -0.15) is 0 Å². The first kappa shape index (κ1) is 29.8. The SMILES string of the molecule is Cc1ccc(S(=O)(=O)N(CC(=O)Nc2ccccc2C(=O)N2CCCCCC2)c2ccc(Oc3ccccc3)cc2)cc1. The molecule has 2 amide bonds. The minimum absolute atomic E-state index is 0.0623. The minimum Gasteiger partial charge on any atom is -0.457 e. The number of para-hydroxylation sites is 2. The van der Waals surface area contributed by atoms with Crippen molar-refractivity contribution in [1.29, 1.82) is 0 Å². The van der Waals surface area contributed by atoms with Crippen LogP contribution in [0.5, 0.6) is 11.5 Å². The molecule has 1 heterocycles. The lowest BCUT2D eigenvalue weighted by atomic mass is 10.1. The van der Waals surface area contributed by atoms with E-state index in [-0.39, 0.29) is 10.8 Å². The van der Waals surface area contributed by atoms with Gasteiger partial charge in [-0.05, 0) is 80.4 Å². The maximum absolute atomic E-state index is 13.9. The highest BCUT2D eigenvalue weighted by atomic mass is 32.2. The molecular weight excluding hydrogens is 562 g/mol. The third-order valence-electron chi connectivity index (χ3n) is 7.32. The van der Waals surface area contributed by atoms with E-state index < -0.39 is 22.5 Å². The molecule has 0 saturated carbocycles. The highest BCUT2D eigenvalue weighted by Crippen LogP contribution is 2.29. The van der Waals surface area contributed by atoms with Gasteiger partial charge in [0, 0.05) is 13.1 Å². The number of anilines is 2. The van der Waals surface area contributed by atoms with Crippen molar-refractivity contribution in [2.75, 3.05) is 29.3 Å². The lowest BCUT2D eigenvalue weighted by Gasteiger charge is -2.25. The van der Waals surface area contributed by atoms with Crippen LogP contribution < -0.4 is 14.4 Å². The van der Waals surface area contributed by atoms with Crippen molar-refractivity contribution in [3.63, 3.8) is 0 Å². The van der Waals surface area contributed by atoms with E-state index in [1.807, 2.05) is 42.2 Å². The summed E-state index contributed by atoms with van der Waals surface area (Å²) >= 11 is 0. The number of likely N-dealkylation sites (tertiary alicyclic amines) is 1. The second-order valence-corrected chi connectivity index (χ2v) is 12.4. The van der Waals surface area contributed by atoms with Gasteiger partial charge in [-0.25, -0.2) is 8.42 Å². The molecule has 8 nitrogen and oxygen atoms in total. The van der Waals surface area contributed by atoms with Crippen molar-refractivity contribution in [3.05, 3.63) is 114 Å². The van der Waals surface area contributed by atoms with Gasteiger partial charge in [0.1, 0.15) is 18.0 Å². The Morgan fingerprint density at radius 2 is 1.37 bits per heavy atom. The van der Waals surface area contributed by atoms with Crippen LogP contribution in [0.15, 0.2) is 108 Å². The van der Waals surface area contributed by atoms with Gasteiger partial charge in [0.2, 0.25) is 5.91 Å². The number of amides is 2. The van der Waals surface area contributed by atoms with Crippen LogP contribution in [0.1, 0.15) is 41.6 Å². The summed E-state index contributed by atoms with van der Waals surface area (Å²) in [6.45, 7) is 2.72. The van der Waals surface area contributed by atoms with Crippen molar-refractivity contribution in [2.45, 2.75) is 37.5 Å². The molecule has 1 N–H and O–H groups in total. The predicted octanol–water partition coefficient (Wildman–Crippen LogP) is 6.64. The monoisotopic (exact) mass is 597 g/mol. The molecule has 222 valence electrons. The number of hydrogen-bond acceptors (Lipinski definition) is 5. The zero-order valence-corrected chi connectivity index (χ0v) is 24.9. The number of rotatable bonds is 9. The van der Waals surface area contributed by atoms with Crippen LogP contribution in [0.3, 0.4) is 0 Å². The summed E-state index contributed by atoms with van der Waals surface area (Å²) in [5.74, 6) is 0.451. The molecular formula is C34H35N3O5S. The Labute approximate surface area is 253 Å². The lowest BCUT2D eigenvalue weighted by Crippen LogP contribution is -2.38. The van der Waals surface area contributed by atoms with Crippen molar-refractivity contribution in [1.82, 2.24) is 4.90 Å². The van der Waals surface area contributed by atoms with Gasteiger partial charge in [0.25, 0.3) is 15.9 Å². The van der Waals surface area contributed by atoms with Crippen molar-refractivity contribution >= 4 is 33.2 Å². The molecule has 1 aliphatic heterocycles. The van der Waals surface area contributed by atoms with Crippen LogP contribution >= 0.6 is 0 Å². The summed E-state index contributed by atoms with van der Waals surface area (Å²) in [4.78, 5) is 28.8. The number of nitrogens with one attached hydrogen (secondary N) is 1. The van der Waals surface area contributed by atoms with Crippen LogP contribution in [0, 0.1) is 6.92 Å². The van der Waals surface area contributed by atoms with Crippen molar-refractivity contribution in [2.24, 2.45) is 0 Å². The van der Waals surface area contributed by atoms with Crippen molar-refractivity contribution in [3.8, 4) is 11.5 Å². The third-order valence-corrected chi connectivity index (χ3v) is 9.11. The zero-order chi connectivity index (χ0) is 30.2. The van der Waals surface area contributed by atoms with Gasteiger partial charge >= 0.3 is 0 Å². The van der Waals surface area contributed by atoms with Crippen molar-refractivity contribution < 1.29 is 22.7 Å². The van der Waals surface area contributed by atoms with Crippen LogP contribution in [0.2, 0.25) is 0 Å². The Morgan fingerprint density at radius 3 is 2.05 bits per heavy atom. The smallest absolute Gasteiger partial charge is 0.264 e. The molecule has 5 rings (SSSR count). The average Bonchev–Trinajstić information content (AvgIpc) is 3.31. The molecule has 43 heavy (non-hydrogen) atoms. The van der Waals surface area contributed by atoms with Gasteiger partial charge in [-0.1, -0.05) is 60.9 Å². The second-order valence-electron chi connectivity index (χ2n) is 10.5. The van der Waals surface area contributed by atoms with Crippen LogP contribution in [-0.4, -0.2) is 44.8 Å². The van der Waals surface area contributed by atoms with Gasteiger partial charge in [-0.3, -0.25) is 13.9 Å². The lowest BCUT2D eigenvalue weighted by molar-refractivity contribution is -0.114. The van der Waals surface area contributed by atoms with E-state index >= 15 is 0 Å². The van der Waals surface area contributed by atoms with E-state index in [1.54, 1.807) is 60.7 Å². The summed E-state index contributed by atoms with van der Waals surface area (Å²) in [7, 11) is -4.12. The quantitative estimate of drug-likeness (QED) is 0.233. The zero-order valence-electron chi connectivity index (χ0n) is 24.1. The van der Waals surface area contributed by atoms with Gasteiger partial charge < -0.3 is 15.0 Å².